The number of allylic oxidation sites excluding steroid dienone is 1. The molecule has 4 saturated carbocycles. The van der Waals surface area contributed by atoms with Gasteiger partial charge in [-0.25, -0.2) is 24.4 Å². The van der Waals surface area contributed by atoms with Crippen LogP contribution in [-0.4, -0.2) is 266 Å². The maximum atomic E-state index is 14.4. The summed E-state index contributed by atoms with van der Waals surface area (Å²) in [5.74, 6) is -10.2. The number of aliphatic hydroxyl groups is 3. The van der Waals surface area contributed by atoms with Gasteiger partial charge >= 0.3 is 18.0 Å². The third kappa shape index (κ3) is 21.1. The molecule has 4 bridgehead atoms. The number of rotatable bonds is 35. The normalized spacial score (nSPS) is 25.8. The van der Waals surface area contributed by atoms with Crippen molar-refractivity contribution in [3.63, 3.8) is 0 Å². The number of aryl methyl sites for hydroxylation is 1. The number of thiazole rings is 1. The minimum absolute atomic E-state index is 0.0733. The van der Waals surface area contributed by atoms with Gasteiger partial charge in [-0.15, -0.1) is 0 Å². The Labute approximate surface area is 701 Å². The van der Waals surface area contributed by atoms with Crippen molar-refractivity contribution >= 4 is 129 Å². The zero-order valence-electron chi connectivity index (χ0n) is 67.4. The number of aliphatic imine (C=N–C) groups is 1. The molecule has 4 aliphatic carbocycles. The number of aliphatic carboxylic acids is 1. The number of anilines is 3. The lowest BCUT2D eigenvalue weighted by atomic mass is 9.39. The van der Waals surface area contributed by atoms with Gasteiger partial charge in [0.2, 0.25) is 23.6 Å². The van der Waals surface area contributed by atoms with Crippen molar-refractivity contribution in [3.05, 3.63) is 130 Å². The molecule has 0 spiro atoms. The van der Waals surface area contributed by atoms with E-state index >= 15 is 0 Å². The Hall–Kier alpha value is -10.3. The van der Waals surface area contributed by atoms with Gasteiger partial charge in [0.15, 0.2) is 16.9 Å². The third-order valence-electron chi connectivity index (χ3n) is 23.5. The second-order valence-electron chi connectivity index (χ2n) is 33.5. The van der Waals surface area contributed by atoms with Crippen molar-refractivity contribution in [1.29, 1.82) is 0 Å². The SMILES string of the molecule is CC(=NCC12CC3(C)CC(C)(C1)CC(OCCN(CCS(=O)(=O)O)C(=O)OCc1ccc(NC(=O)[C@H](C)NC(=O)[C@@H](NC(=O)CN4C(=O)[C@@H](N5C(=O)C=CC5=O)C[C@H]4COCCS(=O)(=O)O)C(C)C)cc1CC[C@@H]1O[C@H](C(=O)O)[C@@H](O)[C@H](O)[C@H]1O)(C3)C2)/C(=C\N)c1ccc(N2CCc3cccc(C(=O)Nc4nc5ccccc5s4)c3C2)nc1C(=O)O. The number of carbonyl (C=O) groups is 10. The highest BCUT2D eigenvalue weighted by Gasteiger charge is 2.66. The first-order chi connectivity index (χ1) is 57.0. The van der Waals surface area contributed by atoms with Gasteiger partial charge in [0.25, 0.3) is 38.0 Å². The maximum absolute atomic E-state index is 14.4. The first-order valence-electron chi connectivity index (χ1n) is 39.6. The summed E-state index contributed by atoms with van der Waals surface area (Å²) >= 11 is 1.37. The minimum Gasteiger partial charge on any atom is -0.479 e. The second kappa shape index (κ2) is 36.4. The Bertz CT molecular complexity index is 5160. The first-order valence-corrected chi connectivity index (χ1v) is 43.6. The number of nitrogens with one attached hydrogen (secondary N) is 4. The Balaban J connectivity index is 0.701. The number of hydrogen-bond acceptors (Lipinski definition) is 27. The lowest BCUT2D eigenvalue weighted by Gasteiger charge is -2.69. The number of carbonyl (C=O) groups excluding carboxylic acids is 8. The fourth-order valence-electron chi connectivity index (χ4n) is 19.0. The molecule has 5 aromatic rings. The smallest absolute Gasteiger partial charge is 0.410 e. The summed E-state index contributed by atoms with van der Waals surface area (Å²) in [4.78, 5) is 154. The predicted molar refractivity (Wildman–Crippen MR) is 438 cm³/mol. The average Bonchev–Trinajstić information content (AvgIpc) is 1.23. The Morgan fingerprint density at radius 1 is 0.793 bits per heavy atom. The van der Waals surface area contributed by atoms with Crippen LogP contribution < -0.4 is 31.9 Å². The van der Waals surface area contributed by atoms with Crippen molar-refractivity contribution in [3.8, 4) is 0 Å². The number of pyridine rings is 1. The van der Waals surface area contributed by atoms with Gasteiger partial charge in [0.1, 0.15) is 48.9 Å². The number of imide groups is 1. The molecule has 2 aromatic heterocycles. The van der Waals surface area contributed by atoms with E-state index in [4.69, 9.17) is 34.7 Å². The zero-order valence-corrected chi connectivity index (χ0v) is 69.9. The van der Waals surface area contributed by atoms with Crippen LogP contribution in [0.2, 0.25) is 0 Å². The molecule has 6 fully saturated rings. The van der Waals surface area contributed by atoms with Crippen LogP contribution in [-0.2, 0) is 98.7 Å². The van der Waals surface area contributed by atoms with Crippen LogP contribution in [0, 0.1) is 22.2 Å². The fourth-order valence-corrected chi connectivity index (χ4v) is 20.6. The summed E-state index contributed by atoms with van der Waals surface area (Å²) in [7, 11) is -9.12. The highest BCUT2D eigenvalue weighted by Crippen LogP contribution is 2.72. The molecular formula is C81H100N12O25S3. The summed E-state index contributed by atoms with van der Waals surface area (Å²) < 4.78 is 91.4. The van der Waals surface area contributed by atoms with E-state index in [9.17, 15) is 99.4 Å². The largest absolute Gasteiger partial charge is 0.479 e. The molecule has 8 amide bonds. The molecule has 4 aliphatic heterocycles. The van der Waals surface area contributed by atoms with E-state index in [1.165, 1.54) is 42.7 Å². The summed E-state index contributed by atoms with van der Waals surface area (Å²) in [6.07, 6.45) is -2.71. The number of aromatic nitrogens is 2. The highest BCUT2D eigenvalue weighted by molar-refractivity contribution is 7.86. The van der Waals surface area contributed by atoms with Crippen LogP contribution in [0.5, 0.6) is 0 Å². The number of aliphatic hydroxyl groups excluding tert-OH is 3. The number of aromatic carboxylic acids is 1. The average molecular weight is 1740 g/mol. The molecular weight excluding hydrogens is 1640 g/mol. The molecule has 652 valence electrons. The van der Waals surface area contributed by atoms with Gasteiger partial charge in [-0.05, 0) is 159 Å². The van der Waals surface area contributed by atoms with E-state index in [0.717, 1.165) is 62.6 Å². The first kappa shape index (κ1) is 90.0. The number of benzene rings is 3. The molecule has 121 heavy (non-hydrogen) atoms. The molecule has 3 aromatic carbocycles. The monoisotopic (exact) mass is 1740 g/mol. The van der Waals surface area contributed by atoms with Crippen molar-refractivity contribution < 1.29 is 118 Å². The van der Waals surface area contributed by atoms with E-state index in [1.807, 2.05) is 41.3 Å². The number of carboxylic acids is 2. The number of amides is 8. The number of fused-ring (bicyclic) bond motifs is 2. The van der Waals surface area contributed by atoms with Gasteiger partial charge in [-0.3, -0.25) is 57.9 Å². The number of ether oxygens (including phenoxy) is 4. The van der Waals surface area contributed by atoms with E-state index in [-0.39, 0.29) is 90.4 Å². The summed E-state index contributed by atoms with van der Waals surface area (Å²) in [5, 5.41) is 64.0. The lowest BCUT2D eigenvalue weighted by Crippen LogP contribution is -2.64. The van der Waals surface area contributed by atoms with Crippen molar-refractivity contribution in [2.45, 2.75) is 179 Å². The third-order valence-corrected chi connectivity index (χ3v) is 25.8. The molecule has 13 rings (SSSR count). The predicted octanol–water partition coefficient (Wildman–Crippen LogP) is 3.88. The molecule has 40 heteroatoms. The van der Waals surface area contributed by atoms with Crippen LogP contribution in [0.4, 0.5) is 21.4 Å². The molecule has 2 unspecified atom stereocenters. The van der Waals surface area contributed by atoms with E-state index in [2.05, 4.69) is 40.1 Å². The van der Waals surface area contributed by atoms with Crippen molar-refractivity contribution in [1.82, 2.24) is 35.3 Å². The molecule has 2 saturated heterocycles. The van der Waals surface area contributed by atoms with Crippen LogP contribution in [0.3, 0.4) is 0 Å². The Morgan fingerprint density at radius 3 is 2.17 bits per heavy atom. The quantitative estimate of drug-likeness (QED) is 0.0118. The van der Waals surface area contributed by atoms with Gasteiger partial charge in [0.05, 0.1) is 65.8 Å². The van der Waals surface area contributed by atoms with Crippen LogP contribution in [0.15, 0.2) is 96.1 Å². The summed E-state index contributed by atoms with van der Waals surface area (Å²) in [6, 6.07) is 15.8. The fraction of sp³-hybridized carbons (Fsp3) is 0.519. The molecule has 13 N–H and O–H groups in total. The summed E-state index contributed by atoms with van der Waals surface area (Å²) in [6.45, 7) is 8.66. The van der Waals surface area contributed by atoms with Gasteiger partial charge in [-0.1, -0.05) is 69.4 Å². The zero-order chi connectivity index (χ0) is 87.6. The van der Waals surface area contributed by atoms with Gasteiger partial charge < -0.3 is 80.9 Å². The summed E-state index contributed by atoms with van der Waals surface area (Å²) in [5.41, 5.74) is 9.13. The second-order valence-corrected chi connectivity index (χ2v) is 37.7. The number of nitrogens with two attached hydrogens (primary N) is 1. The molecule has 11 atom stereocenters. The lowest BCUT2D eigenvalue weighted by molar-refractivity contribution is -0.242. The van der Waals surface area contributed by atoms with Gasteiger partial charge in [0, 0.05) is 85.6 Å². The number of carboxylic acid groups (broad SMARTS) is 2. The number of nitrogens with zero attached hydrogens (tertiary/aromatic N) is 7. The van der Waals surface area contributed by atoms with Crippen molar-refractivity contribution in [2.24, 2.45) is 32.9 Å². The van der Waals surface area contributed by atoms with Gasteiger partial charge in [-0.2, -0.15) is 16.8 Å². The highest BCUT2D eigenvalue weighted by atomic mass is 32.2. The maximum Gasteiger partial charge on any atom is 0.410 e. The van der Waals surface area contributed by atoms with E-state index < -0.39 is 183 Å². The minimum atomic E-state index is -4.68. The van der Waals surface area contributed by atoms with Crippen molar-refractivity contribution in [2.75, 3.05) is 79.6 Å². The molecule has 0 radical (unpaired) electrons. The number of hydrogen-bond donors (Lipinski definition) is 12. The molecule has 6 heterocycles. The Morgan fingerprint density at radius 2 is 1.50 bits per heavy atom. The number of likely N-dealkylation sites (tertiary alicyclic amines) is 1. The molecule has 8 aliphatic rings. The number of para-hydroxylation sites is 1. The Kier molecular flexibility index (Phi) is 27.1. The standard InChI is InChI=1S/C81H100N12O25S3/c1-44(2)64(88-61(94)34-92-51(36-115-27-29-121(112,113)114)31-57(73(92)103)93-62(95)20-21-63(93)96)72(102)84-46(4)70(100)85-50-16-14-49(48(30-50)15-18-58-66(97)67(98)68(99)69(118-58)75(106)107)35-116-77(108)90(25-28-120(109,110)111)24-26-117-81-40-78(5)37-79(6,41-81)39-80(38-78,42-81)43-83-45(3)54(32-82)52-17-19-60(87-65(52)74(104)105)91-23-22-47-10-9-11-53(55(47)33-91)71(101)89-76-86-56-12-7-8-13-59(56)119-76/h7-14,16-17,19-21,30,32,44,46,51,57-58,64,66-69,97-99H,15,18,22-29,31,33-43,82H2,1-6H3,(H,84,102)(H,85,100)(H,88,94)(H,104,105)(H,106,107)(H,86,89,101)(H,109,110,111)(H,112,113,114)/b54-32+,83-45?/t46-,51-,57-,58-,64-,66-,67+,68-,69-,78?,79?,80?,81?/m0/s1. The topological polar surface area (TPSA) is 543 Å². The van der Waals surface area contributed by atoms with Crippen LogP contribution in [0.25, 0.3) is 15.8 Å². The van der Waals surface area contributed by atoms with Crippen LogP contribution in [0.1, 0.15) is 142 Å². The van der Waals surface area contributed by atoms with E-state index in [0.29, 0.717) is 71.5 Å². The van der Waals surface area contributed by atoms with E-state index in [1.54, 1.807) is 39.0 Å². The molecule has 37 nitrogen and oxygen atoms in total. The van der Waals surface area contributed by atoms with Crippen LogP contribution >= 0.6 is 11.3 Å².